The number of benzene rings is 4. The van der Waals surface area contributed by atoms with Crippen molar-refractivity contribution in [1.29, 1.82) is 0 Å². The van der Waals surface area contributed by atoms with Gasteiger partial charge in [0.1, 0.15) is 18.5 Å². The number of aryl methyl sites for hydroxylation is 2. The van der Waals surface area contributed by atoms with Crippen LogP contribution in [0.15, 0.2) is 54.7 Å². The summed E-state index contributed by atoms with van der Waals surface area (Å²) >= 11 is 0. The van der Waals surface area contributed by atoms with E-state index >= 15 is 0 Å². The average molecular weight is 545 g/mol. The van der Waals surface area contributed by atoms with Gasteiger partial charge in [-0.2, -0.15) is 0 Å². The van der Waals surface area contributed by atoms with Crippen molar-refractivity contribution in [3.63, 3.8) is 0 Å². The quantitative estimate of drug-likeness (QED) is 0.159. The van der Waals surface area contributed by atoms with Gasteiger partial charge < -0.3 is 4.74 Å². The summed E-state index contributed by atoms with van der Waals surface area (Å²) in [6.07, 6.45) is 5.34. The number of rotatable bonds is 4. The number of ether oxygens (including phenoxy) is 1. The van der Waals surface area contributed by atoms with Gasteiger partial charge in [-0.05, 0) is 87.2 Å². The molecular weight excluding hydrogens is 498 g/mol. The summed E-state index contributed by atoms with van der Waals surface area (Å²) < 4.78 is 9.36. The van der Waals surface area contributed by atoms with Gasteiger partial charge in [-0.3, -0.25) is 0 Å². The number of hydrogen-bond donors (Lipinski definition) is 0. The van der Waals surface area contributed by atoms with Gasteiger partial charge >= 0.3 is 0 Å². The minimum atomic E-state index is 0.240. The van der Waals surface area contributed by atoms with Crippen LogP contribution in [0.25, 0.3) is 43.6 Å². The fraction of sp³-hybridized carbons (Fsp3) is 0.410. The molecule has 2 nitrogen and oxygen atoms in total. The van der Waals surface area contributed by atoms with Crippen molar-refractivity contribution in [3.05, 3.63) is 77.0 Å². The Morgan fingerprint density at radius 2 is 1.39 bits per heavy atom. The molecule has 0 saturated carbocycles. The van der Waals surface area contributed by atoms with E-state index < -0.39 is 0 Å². The van der Waals surface area contributed by atoms with Gasteiger partial charge in [0.2, 0.25) is 5.69 Å². The molecule has 5 aromatic rings. The van der Waals surface area contributed by atoms with E-state index in [1.54, 1.807) is 0 Å². The summed E-state index contributed by atoms with van der Waals surface area (Å²) in [5, 5.41) is 7.75. The lowest BCUT2D eigenvalue weighted by atomic mass is 9.83. The van der Waals surface area contributed by atoms with Crippen molar-refractivity contribution in [2.75, 3.05) is 0 Å². The molecule has 2 heterocycles. The molecule has 0 fully saturated rings. The number of hydrogen-bond acceptors (Lipinski definition) is 1. The molecule has 0 amide bonds. The molecule has 0 atom stereocenters. The number of fused-ring (bicyclic) bond motifs is 5. The zero-order valence-corrected chi connectivity index (χ0v) is 26.8. The van der Waals surface area contributed by atoms with Crippen molar-refractivity contribution in [2.24, 2.45) is 23.8 Å². The summed E-state index contributed by atoms with van der Waals surface area (Å²) in [6, 6.07) is 18.7. The Labute approximate surface area is 246 Å². The third-order valence-corrected chi connectivity index (χ3v) is 8.48. The molecule has 41 heavy (non-hydrogen) atoms. The Kier molecular flexibility index (Phi) is 6.49. The molecule has 2 heteroatoms. The van der Waals surface area contributed by atoms with Crippen LogP contribution in [0, 0.1) is 23.7 Å². The first kappa shape index (κ1) is 27.8. The van der Waals surface area contributed by atoms with Gasteiger partial charge in [0.05, 0.1) is 10.9 Å². The van der Waals surface area contributed by atoms with Crippen LogP contribution in [0.2, 0.25) is 0 Å². The van der Waals surface area contributed by atoms with E-state index in [0.29, 0.717) is 5.92 Å². The Hall–Kier alpha value is -3.39. The minimum absolute atomic E-state index is 0.240. The van der Waals surface area contributed by atoms with Gasteiger partial charge in [-0.1, -0.05) is 91.8 Å². The lowest BCUT2D eigenvalue weighted by molar-refractivity contribution is -0.659. The lowest BCUT2D eigenvalue weighted by Crippen LogP contribution is -2.32. The molecule has 0 unspecified atom stereocenters. The Morgan fingerprint density at radius 3 is 2.02 bits per heavy atom. The molecule has 0 radical (unpaired) electrons. The van der Waals surface area contributed by atoms with Gasteiger partial charge in [0.25, 0.3) is 0 Å². The highest BCUT2D eigenvalue weighted by Gasteiger charge is 2.33. The smallest absolute Gasteiger partial charge is 0.228 e. The van der Waals surface area contributed by atoms with Crippen LogP contribution in [-0.4, -0.2) is 0 Å². The van der Waals surface area contributed by atoms with E-state index in [4.69, 9.17) is 4.74 Å². The first-order valence-corrected chi connectivity index (χ1v) is 15.3. The summed E-state index contributed by atoms with van der Waals surface area (Å²) in [4.78, 5) is 0. The van der Waals surface area contributed by atoms with Gasteiger partial charge in [0, 0.05) is 17.0 Å². The summed E-state index contributed by atoms with van der Waals surface area (Å²) in [5.41, 5.74) is 8.45. The van der Waals surface area contributed by atoms with Gasteiger partial charge in [-0.25, -0.2) is 4.57 Å². The molecule has 1 aromatic heterocycles. The molecule has 1 aliphatic heterocycles. The second-order valence-electron chi connectivity index (χ2n) is 15.4. The van der Waals surface area contributed by atoms with Gasteiger partial charge in [-0.15, -0.1) is 0 Å². The molecule has 1 aliphatic rings. The van der Waals surface area contributed by atoms with Crippen LogP contribution in [-0.2, 0) is 26.3 Å². The van der Waals surface area contributed by atoms with Crippen LogP contribution in [0.4, 0.5) is 0 Å². The van der Waals surface area contributed by atoms with E-state index in [-0.39, 0.29) is 10.8 Å². The van der Waals surface area contributed by atoms with Crippen LogP contribution in [0.3, 0.4) is 0 Å². The normalized spacial score (nSPS) is 13.3. The topological polar surface area (TPSA) is 13.1 Å². The van der Waals surface area contributed by atoms with Gasteiger partial charge in [0.15, 0.2) is 6.20 Å². The van der Waals surface area contributed by atoms with E-state index in [2.05, 4.69) is 129 Å². The van der Waals surface area contributed by atoms with Crippen LogP contribution in [0.5, 0.6) is 11.5 Å². The number of nitrogens with zero attached hydrogens (tertiary/aromatic N) is 1. The second-order valence-corrected chi connectivity index (χ2v) is 15.4. The van der Waals surface area contributed by atoms with Crippen molar-refractivity contribution in [3.8, 4) is 22.8 Å². The first-order chi connectivity index (χ1) is 19.2. The zero-order valence-electron chi connectivity index (χ0n) is 26.8. The van der Waals surface area contributed by atoms with E-state index in [9.17, 15) is 0 Å². The number of aromatic nitrogens is 1. The van der Waals surface area contributed by atoms with Crippen LogP contribution < -0.4 is 9.30 Å². The molecule has 0 spiro atoms. The highest BCUT2D eigenvalue weighted by molar-refractivity contribution is 6.16. The van der Waals surface area contributed by atoms with Crippen LogP contribution >= 0.6 is 0 Å². The SMILES string of the molecule is Cc1c2c(c(CC(C)C)c3ccc(CC(C)(C)C)cc13)Oc1cc3ccc(CC(C)(C)C)cc3c3cc[n+](C)c-2c13. The average Bonchev–Trinajstić information content (AvgIpc) is 2.86. The van der Waals surface area contributed by atoms with Crippen molar-refractivity contribution < 1.29 is 9.30 Å². The molecule has 0 saturated heterocycles. The largest absolute Gasteiger partial charge is 0.455 e. The minimum Gasteiger partial charge on any atom is -0.455 e. The third kappa shape index (κ3) is 5.00. The zero-order chi connectivity index (χ0) is 29.4. The summed E-state index contributed by atoms with van der Waals surface area (Å²) in [5.74, 6) is 2.54. The second kappa shape index (κ2) is 9.58. The standard InChI is InChI=1S/C39H46NO/c1-23(2)17-32-28-14-12-26(22-39(7,8)9)18-30(28)24(3)34-36-35-29(15-16-40(36)10)31-19-25(21-38(4,5)6)11-13-27(31)20-33(35)41-37(32)34/h11-16,18-20,23H,17,21-22H2,1-10H3/q+1. The maximum absolute atomic E-state index is 7.04. The molecule has 0 aliphatic carbocycles. The highest BCUT2D eigenvalue weighted by Crippen LogP contribution is 2.52. The van der Waals surface area contributed by atoms with Crippen molar-refractivity contribution in [1.82, 2.24) is 0 Å². The molecule has 4 aromatic carbocycles. The van der Waals surface area contributed by atoms with Crippen molar-refractivity contribution >= 4 is 32.3 Å². The Morgan fingerprint density at radius 1 is 0.756 bits per heavy atom. The fourth-order valence-electron chi connectivity index (χ4n) is 6.99. The molecule has 0 N–H and O–H groups in total. The maximum Gasteiger partial charge on any atom is 0.228 e. The molecule has 0 bridgehead atoms. The maximum atomic E-state index is 7.04. The highest BCUT2D eigenvalue weighted by atomic mass is 16.5. The summed E-state index contributed by atoms with van der Waals surface area (Å²) in [6.45, 7) is 20.8. The first-order valence-electron chi connectivity index (χ1n) is 15.3. The van der Waals surface area contributed by atoms with Crippen molar-refractivity contribution in [2.45, 2.75) is 81.6 Å². The van der Waals surface area contributed by atoms with E-state index in [1.807, 2.05) is 0 Å². The molecule has 212 valence electrons. The number of pyridine rings is 1. The van der Waals surface area contributed by atoms with Crippen LogP contribution in [0.1, 0.15) is 77.6 Å². The fourth-order valence-corrected chi connectivity index (χ4v) is 6.99. The lowest BCUT2D eigenvalue weighted by Gasteiger charge is -2.27. The predicted molar refractivity (Wildman–Crippen MR) is 175 cm³/mol. The summed E-state index contributed by atoms with van der Waals surface area (Å²) in [7, 11) is 2.19. The molecule has 6 rings (SSSR count). The monoisotopic (exact) mass is 544 g/mol. The third-order valence-electron chi connectivity index (χ3n) is 8.48. The predicted octanol–water partition coefficient (Wildman–Crippen LogP) is 10.4. The Balaban J connectivity index is 1.69. The Bertz CT molecular complexity index is 1840. The molecular formula is C39H46NO+. The van der Waals surface area contributed by atoms with E-state index in [0.717, 1.165) is 30.8 Å². The van der Waals surface area contributed by atoms with E-state index in [1.165, 1.54) is 65.8 Å².